The molecule has 0 bridgehead atoms. The first kappa shape index (κ1) is 37.7. The summed E-state index contributed by atoms with van der Waals surface area (Å²) in [6, 6.07) is 0. The van der Waals surface area contributed by atoms with Crippen LogP contribution in [0.2, 0.25) is 0 Å². The first-order valence-corrected chi connectivity index (χ1v) is 17.2. The third-order valence-electron chi connectivity index (χ3n) is 7.74. The lowest BCUT2D eigenvalue weighted by Gasteiger charge is -2.18. The standard InChI is InChI=1S/C35H66O4/c1-3-5-7-8-9-10-11-12-13-14-19-22-25-28-32-35(38)39-33(29-6-4-2)30-26-23-20-17-15-16-18-21-24-27-31-34(36)37/h10-11,33H,3-9,12-32H2,1-2H3,(H,36,37)/b11-10-. The molecule has 1 N–H and O–H groups in total. The Morgan fingerprint density at radius 2 is 0.949 bits per heavy atom. The second-order valence-corrected chi connectivity index (χ2v) is 11.7. The monoisotopic (exact) mass is 550 g/mol. The number of unbranched alkanes of at least 4 members (excludes halogenated alkanes) is 20. The minimum absolute atomic E-state index is 0.0172. The van der Waals surface area contributed by atoms with Crippen molar-refractivity contribution in [2.24, 2.45) is 0 Å². The maximum absolute atomic E-state index is 12.4. The number of aliphatic carboxylic acids is 1. The average Bonchev–Trinajstić information content (AvgIpc) is 2.92. The van der Waals surface area contributed by atoms with Gasteiger partial charge in [-0.25, -0.2) is 0 Å². The Hall–Kier alpha value is -1.32. The molecule has 4 heteroatoms. The molecular weight excluding hydrogens is 484 g/mol. The van der Waals surface area contributed by atoms with Crippen molar-refractivity contribution in [3.05, 3.63) is 12.2 Å². The second-order valence-electron chi connectivity index (χ2n) is 11.7. The Balaban J connectivity index is 3.67. The van der Waals surface area contributed by atoms with Gasteiger partial charge in [0, 0.05) is 12.8 Å². The molecule has 0 aliphatic rings. The number of rotatable bonds is 31. The molecule has 39 heavy (non-hydrogen) atoms. The van der Waals surface area contributed by atoms with Gasteiger partial charge in [-0.15, -0.1) is 0 Å². The van der Waals surface area contributed by atoms with E-state index < -0.39 is 5.97 Å². The number of esters is 1. The van der Waals surface area contributed by atoms with Crippen molar-refractivity contribution in [3.8, 4) is 0 Å². The van der Waals surface area contributed by atoms with E-state index in [1.165, 1.54) is 103 Å². The van der Waals surface area contributed by atoms with Crippen LogP contribution in [0.4, 0.5) is 0 Å². The summed E-state index contributed by atoms with van der Waals surface area (Å²) < 4.78 is 5.89. The summed E-state index contributed by atoms with van der Waals surface area (Å²) in [5.74, 6) is -0.659. The summed E-state index contributed by atoms with van der Waals surface area (Å²) >= 11 is 0. The lowest BCUT2D eigenvalue weighted by atomic mass is 10.0. The zero-order chi connectivity index (χ0) is 28.7. The number of carbonyl (C=O) groups is 2. The van der Waals surface area contributed by atoms with Crippen LogP contribution < -0.4 is 0 Å². The third-order valence-corrected chi connectivity index (χ3v) is 7.74. The van der Waals surface area contributed by atoms with Gasteiger partial charge in [0.05, 0.1) is 0 Å². The summed E-state index contributed by atoms with van der Waals surface area (Å²) in [5.41, 5.74) is 0. The predicted molar refractivity (Wildman–Crippen MR) is 167 cm³/mol. The van der Waals surface area contributed by atoms with Crippen LogP contribution in [0.3, 0.4) is 0 Å². The van der Waals surface area contributed by atoms with Crippen LogP contribution in [0.15, 0.2) is 12.2 Å². The van der Waals surface area contributed by atoms with Gasteiger partial charge >= 0.3 is 11.9 Å². The highest BCUT2D eigenvalue weighted by Crippen LogP contribution is 2.18. The number of ether oxygens (including phenoxy) is 1. The van der Waals surface area contributed by atoms with E-state index in [0.29, 0.717) is 12.8 Å². The van der Waals surface area contributed by atoms with E-state index >= 15 is 0 Å². The van der Waals surface area contributed by atoms with Gasteiger partial charge in [0.1, 0.15) is 6.10 Å². The summed E-state index contributed by atoms with van der Waals surface area (Å²) in [4.78, 5) is 22.9. The smallest absolute Gasteiger partial charge is 0.306 e. The topological polar surface area (TPSA) is 63.6 Å². The van der Waals surface area contributed by atoms with E-state index in [9.17, 15) is 9.59 Å². The average molecular weight is 551 g/mol. The Morgan fingerprint density at radius 1 is 0.538 bits per heavy atom. The van der Waals surface area contributed by atoms with Crippen molar-refractivity contribution >= 4 is 11.9 Å². The van der Waals surface area contributed by atoms with Crippen LogP contribution in [0.5, 0.6) is 0 Å². The molecule has 0 heterocycles. The third kappa shape index (κ3) is 31.1. The number of carbonyl (C=O) groups excluding carboxylic acids is 1. The van der Waals surface area contributed by atoms with Crippen molar-refractivity contribution < 1.29 is 19.4 Å². The second kappa shape index (κ2) is 31.2. The van der Waals surface area contributed by atoms with E-state index in [-0.39, 0.29) is 12.1 Å². The Kier molecular flexibility index (Phi) is 30.2. The Labute approximate surface area is 243 Å². The molecule has 0 aliphatic heterocycles. The van der Waals surface area contributed by atoms with Gasteiger partial charge in [-0.05, 0) is 57.8 Å². The zero-order valence-corrected chi connectivity index (χ0v) is 26.2. The summed E-state index contributed by atoms with van der Waals surface area (Å²) in [6.45, 7) is 4.47. The van der Waals surface area contributed by atoms with Gasteiger partial charge in [0.2, 0.25) is 0 Å². The zero-order valence-electron chi connectivity index (χ0n) is 26.2. The van der Waals surface area contributed by atoms with Crippen molar-refractivity contribution in [1.29, 1.82) is 0 Å². The number of carboxylic acid groups (broad SMARTS) is 1. The highest BCUT2D eigenvalue weighted by atomic mass is 16.5. The van der Waals surface area contributed by atoms with E-state index in [2.05, 4.69) is 26.0 Å². The lowest BCUT2D eigenvalue weighted by molar-refractivity contribution is -0.150. The van der Waals surface area contributed by atoms with Crippen LogP contribution in [0.25, 0.3) is 0 Å². The highest BCUT2D eigenvalue weighted by molar-refractivity contribution is 5.69. The molecule has 0 saturated carbocycles. The minimum atomic E-state index is -0.676. The van der Waals surface area contributed by atoms with Crippen LogP contribution in [-0.2, 0) is 14.3 Å². The molecule has 0 spiro atoms. The highest BCUT2D eigenvalue weighted by Gasteiger charge is 2.13. The number of allylic oxidation sites excluding steroid dienone is 2. The van der Waals surface area contributed by atoms with Crippen LogP contribution >= 0.6 is 0 Å². The number of hydrogen-bond donors (Lipinski definition) is 1. The van der Waals surface area contributed by atoms with Crippen LogP contribution in [0, 0.1) is 0 Å². The predicted octanol–water partition coefficient (Wildman–Crippen LogP) is 11.5. The maximum Gasteiger partial charge on any atom is 0.306 e. The van der Waals surface area contributed by atoms with Crippen molar-refractivity contribution in [2.45, 2.75) is 200 Å². The molecule has 1 unspecified atom stereocenters. The van der Waals surface area contributed by atoms with E-state index in [4.69, 9.17) is 9.84 Å². The van der Waals surface area contributed by atoms with E-state index in [0.717, 1.165) is 64.2 Å². The van der Waals surface area contributed by atoms with Gasteiger partial charge in [-0.2, -0.15) is 0 Å². The summed E-state index contributed by atoms with van der Waals surface area (Å²) in [5, 5.41) is 8.66. The van der Waals surface area contributed by atoms with Gasteiger partial charge in [-0.1, -0.05) is 135 Å². The van der Waals surface area contributed by atoms with Gasteiger partial charge in [0.15, 0.2) is 0 Å². The number of hydrogen-bond acceptors (Lipinski definition) is 3. The number of carboxylic acids is 1. The van der Waals surface area contributed by atoms with E-state index in [1.54, 1.807) is 0 Å². The molecule has 0 aromatic heterocycles. The fourth-order valence-corrected chi connectivity index (χ4v) is 5.16. The molecule has 0 fully saturated rings. The summed E-state index contributed by atoms with van der Waals surface area (Å²) in [6.07, 6.45) is 36.9. The molecule has 1 atom stereocenters. The molecule has 230 valence electrons. The lowest BCUT2D eigenvalue weighted by Crippen LogP contribution is -2.18. The van der Waals surface area contributed by atoms with Crippen LogP contribution in [0.1, 0.15) is 194 Å². The SMILES string of the molecule is CCCCCC/C=C\CCCCCCCCC(=O)OC(CCCC)CCCCCCCCCCCCC(=O)O. The Bertz CT molecular complexity index is 557. The normalized spacial score (nSPS) is 12.3. The maximum atomic E-state index is 12.4. The van der Waals surface area contributed by atoms with Crippen LogP contribution in [-0.4, -0.2) is 23.1 Å². The first-order chi connectivity index (χ1) is 19.1. The Morgan fingerprint density at radius 3 is 1.46 bits per heavy atom. The molecule has 0 amide bonds. The van der Waals surface area contributed by atoms with E-state index in [1.807, 2.05) is 0 Å². The van der Waals surface area contributed by atoms with Crippen molar-refractivity contribution in [3.63, 3.8) is 0 Å². The van der Waals surface area contributed by atoms with Gasteiger partial charge in [-0.3, -0.25) is 9.59 Å². The largest absolute Gasteiger partial charge is 0.481 e. The molecule has 0 aromatic rings. The quantitative estimate of drug-likeness (QED) is 0.0529. The van der Waals surface area contributed by atoms with Crippen molar-refractivity contribution in [1.82, 2.24) is 0 Å². The molecule has 0 aromatic carbocycles. The fourth-order valence-electron chi connectivity index (χ4n) is 5.16. The molecule has 0 aliphatic carbocycles. The van der Waals surface area contributed by atoms with Gasteiger partial charge in [0.25, 0.3) is 0 Å². The molecular formula is C35H66O4. The summed E-state index contributed by atoms with van der Waals surface area (Å²) in [7, 11) is 0. The molecule has 0 radical (unpaired) electrons. The molecule has 0 rings (SSSR count). The van der Waals surface area contributed by atoms with Gasteiger partial charge < -0.3 is 9.84 Å². The van der Waals surface area contributed by atoms with Crippen molar-refractivity contribution in [2.75, 3.05) is 0 Å². The molecule has 0 saturated heterocycles. The fraction of sp³-hybridized carbons (Fsp3) is 0.886. The minimum Gasteiger partial charge on any atom is -0.481 e. The molecule has 4 nitrogen and oxygen atoms in total. The first-order valence-electron chi connectivity index (χ1n) is 17.2.